The van der Waals surface area contributed by atoms with Crippen molar-refractivity contribution in [3.05, 3.63) is 0 Å². The van der Waals surface area contributed by atoms with E-state index in [-0.39, 0.29) is 24.6 Å². The van der Waals surface area contributed by atoms with Crippen LogP contribution in [0.2, 0.25) is 0 Å². The summed E-state index contributed by atoms with van der Waals surface area (Å²) < 4.78 is 23.3. The van der Waals surface area contributed by atoms with Crippen LogP contribution in [0.4, 0.5) is 0 Å². The van der Waals surface area contributed by atoms with Crippen LogP contribution < -0.4 is 0 Å². The van der Waals surface area contributed by atoms with E-state index in [0.29, 0.717) is 0 Å². The molecule has 2 aliphatic rings. The lowest BCUT2D eigenvalue weighted by molar-refractivity contribution is -0.223. The van der Waals surface area contributed by atoms with Crippen molar-refractivity contribution in [3.63, 3.8) is 0 Å². The second kappa shape index (κ2) is 3.86. The molecule has 0 aliphatic carbocycles. The number of ether oxygens (including phenoxy) is 4. The SMILES string of the molecule is COC1OC(CI)[C@H]2OC(C)(C)O[C@@H]12. The fourth-order valence-corrected chi connectivity index (χ4v) is 2.67. The van der Waals surface area contributed by atoms with Gasteiger partial charge in [-0.25, -0.2) is 0 Å². The molecule has 2 heterocycles. The number of hydrogen-bond donors (Lipinski definition) is 0. The quantitative estimate of drug-likeness (QED) is 0.569. The average Bonchev–Trinajstić information content (AvgIpc) is 2.57. The van der Waals surface area contributed by atoms with E-state index in [1.807, 2.05) is 13.8 Å². The standard InChI is InChI=1S/C9H15IO4/c1-9(2)13-6-5(4-10)12-8(11-3)7(6)14-9/h5-8H,4H2,1-3H3/t5?,6-,7-,8?/m1/s1. The normalized spacial score (nSPS) is 45.4. The Labute approximate surface area is 97.4 Å². The summed E-state index contributed by atoms with van der Waals surface area (Å²) >= 11 is 2.29. The molecule has 0 spiro atoms. The first-order chi connectivity index (χ1) is 6.57. The third-order valence-corrected chi connectivity index (χ3v) is 3.36. The summed E-state index contributed by atoms with van der Waals surface area (Å²) in [6.45, 7) is 3.84. The molecule has 2 saturated heterocycles. The summed E-state index contributed by atoms with van der Waals surface area (Å²) in [4.78, 5) is 0. The van der Waals surface area contributed by atoms with Crippen LogP contribution in [0.1, 0.15) is 13.8 Å². The van der Waals surface area contributed by atoms with Gasteiger partial charge in [0.2, 0.25) is 0 Å². The molecule has 2 rings (SSSR count). The van der Waals surface area contributed by atoms with Gasteiger partial charge in [-0.15, -0.1) is 0 Å². The molecule has 5 heteroatoms. The highest BCUT2D eigenvalue weighted by atomic mass is 127. The van der Waals surface area contributed by atoms with E-state index >= 15 is 0 Å². The molecule has 0 N–H and O–H groups in total. The third-order valence-electron chi connectivity index (χ3n) is 2.49. The summed E-state index contributed by atoms with van der Waals surface area (Å²) in [5.74, 6) is -0.514. The summed E-state index contributed by atoms with van der Waals surface area (Å²) in [7, 11) is 1.63. The summed E-state index contributed by atoms with van der Waals surface area (Å²) in [5.41, 5.74) is 0. The maximum absolute atomic E-state index is 5.78. The molecular weight excluding hydrogens is 299 g/mol. The molecule has 2 fully saturated rings. The Bertz CT molecular complexity index is 201. The minimum absolute atomic E-state index is 0.00634. The molecule has 2 unspecified atom stereocenters. The van der Waals surface area contributed by atoms with Crippen LogP contribution in [0.15, 0.2) is 0 Å². The van der Waals surface area contributed by atoms with Gasteiger partial charge in [0.15, 0.2) is 12.1 Å². The van der Waals surface area contributed by atoms with Gasteiger partial charge >= 0.3 is 0 Å². The van der Waals surface area contributed by atoms with Crippen molar-refractivity contribution < 1.29 is 18.9 Å². The lowest BCUT2D eigenvalue weighted by Crippen LogP contribution is -2.30. The first-order valence-electron chi connectivity index (χ1n) is 4.67. The summed E-state index contributed by atoms with van der Waals surface area (Å²) in [6.07, 6.45) is -0.296. The van der Waals surface area contributed by atoms with Crippen molar-refractivity contribution in [2.45, 2.75) is 44.2 Å². The number of alkyl halides is 1. The Balaban J connectivity index is 2.12. The van der Waals surface area contributed by atoms with Gasteiger partial charge in [-0.2, -0.15) is 0 Å². The van der Waals surface area contributed by atoms with Crippen LogP contribution >= 0.6 is 22.6 Å². The van der Waals surface area contributed by atoms with Gasteiger partial charge in [0, 0.05) is 11.5 Å². The maximum atomic E-state index is 5.78. The highest BCUT2D eigenvalue weighted by Crippen LogP contribution is 2.39. The van der Waals surface area contributed by atoms with Gasteiger partial charge < -0.3 is 18.9 Å². The zero-order valence-electron chi connectivity index (χ0n) is 8.53. The van der Waals surface area contributed by atoms with Gasteiger partial charge in [-0.05, 0) is 13.8 Å². The maximum Gasteiger partial charge on any atom is 0.186 e. The summed E-state index contributed by atoms with van der Waals surface area (Å²) in [5, 5.41) is 0. The predicted octanol–water partition coefficient (Wildman–Crippen LogP) is 1.31. The lowest BCUT2D eigenvalue weighted by Gasteiger charge is -2.22. The molecule has 4 nitrogen and oxygen atoms in total. The van der Waals surface area contributed by atoms with E-state index in [1.54, 1.807) is 7.11 Å². The van der Waals surface area contributed by atoms with E-state index < -0.39 is 5.79 Å². The van der Waals surface area contributed by atoms with Crippen LogP contribution in [0.25, 0.3) is 0 Å². The lowest BCUT2D eigenvalue weighted by atomic mass is 10.2. The highest BCUT2D eigenvalue weighted by Gasteiger charge is 2.55. The summed E-state index contributed by atoms with van der Waals surface area (Å²) in [6, 6.07) is 0. The molecule has 0 aromatic rings. The molecule has 0 aromatic carbocycles. The molecule has 0 aromatic heterocycles. The largest absolute Gasteiger partial charge is 0.353 e. The fraction of sp³-hybridized carbons (Fsp3) is 1.00. The van der Waals surface area contributed by atoms with Gasteiger partial charge in [-0.3, -0.25) is 0 Å². The first kappa shape index (κ1) is 11.1. The van der Waals surface area contributed by atoms with Crippen LogP contribution in [-0.4, -0.2) is 41.9 Å². The van der Waals surface area contributed by atoms with Crippen molar-refractivity contribution in [2.75, 3.05) is 11.5 Å². The Morgan fingerprint density at radius 2 is 1.93 bits per heavy atom. The minimum atomic E-state index is -0.514. The zero-order chi connectivity index (χ0) is 10.3. The van der Waals surface area contributed by atoms with Crippen LogP contribution in [0.3, 0.4) is 0 Å². The molecule has 4 atom stereocenters. The number of hydrogen-bond acceptors (Lipinski definition) is 4. The molecule has 2 aliphatic heterocycles. The molecule has 0 saturated carbocycles. The Hall–Kier alpha value is 0.570. The van der Waals surface area contributed by atoms with Crippen LogP contribution in [-0.2, 0) is 18.9 Å². The Kier molecular flexibility index (Phi) is 3.05. The van der Waals surface area contributed by atoms with E-state index in [1.165, 1.54) is 0 Å². The third kappa shape index (κ3) is 1.80. The second-order valence-corrected chi connectivity index (χ2v) is 4.88. The number of methoxy groups -OCH3 is 1. The van der Waals surface area contributed by atoms with Crippen molar-refractivity contribution in [3.8, 4) is 0 Å². The molecule has 14 heavy (non-hydrogen) atoms. The fourth-order valence-electron chi connectivity index (χ4n) is 1.96. The van der Waals surface area contributed by atoms with E-state index in [9.17, 15) is 0 Å². The van der Waals surface area contributed by atoms with Gasteiger partial charge in [0.1, 0.15) is 12.2 Å². The Morgan fingerprint density at radius 1 is 1.29 bits per heavy atom. The van der Waals surface area contributed by atoms with Crippen molar-refractivity contribution in [1.29, 1.82) is 0 Å². The van der Waals surface area contributed by atoms with E-state index in [4.69, 9.17) is 18.9 Å². The first-order valence-corrected chi connectivity index (χ1v) is 6.20. The molecule has 0 bridgehead atoms. The van der Waals surface area contributed by atoms with Gasteiger partial charge in [0.25, 0.3) is 0 Å². The zero-order valence-corrected chi connectivity index (χ0v) is 10.7. The number of halogens is 1. The monoisotopic (exact) mass is 314 g/mol. The molecule has 82 valence electrons. The second-order valence-electron chi connectivity index (χ2n) is 4.00. The topological polar surface area (TPSA) is 36.9 Å². The van der Waals surface area contributed by atoms with Crippen molar-refractivity contribution >= 4 is 22.6 Å². The molecular formula is C9H15IO4. The van der Waals surface area contributed by atoms with Crippen molar-refractivity contribution in [1.82, 2.24) is 0 Å². The smallest absolute Gasteiger partial charge is 0.186 e. The number of rotatable bonds is 2. The average molecular weight is 314 g/mol. The minimum Gasteiger partial charge on any atom is -0.353 e. The highest BCUT2D eigenvalue weighted by molar-refractivity contribution is 14.1. The van der Waals surface area contributed by atoms with E-state index in [2.05, 4.69) is 22.6 Å². The van der Waals surface area contributed by atoms with Gasteiger partial charge in [-0.1, -0.05) is 22.6 Å². The van der Waals surface area contributed by atoms with E-state index in [0.717, 1.165) is 4.43 Å². The molecule has 0 amide bonds. The van der Waals surface area contributed by atoms with Crippen LogP contribution in [0, 0.1) is 0 Å². The van der Waals surface area contributed by atoms with Crippen molar-refractivity contribution in [2.24, 2.45) is 0 Å². The van der Waals surface area contributed by atoms with Crippen LogP contribution in [0.5, 0.6) is 0 Å². The molecule has 0 radical (unpaired) electrons. The predicted molar refractivity (Wildman–Crippen MR) is 58.4 cm³/mol. The van der Waals surface area contributed by atoms with Gasteiger partial charge in [0.05, 0.1) is 6.10 Å². The Morgan fingerprint density at radius 3 is 2.50 bits per heavy atom. The number of fused-ring (bicyclic) bond motifs is 1.